The molecule has 1 aliphatic rings. The van der Waals surface area contributed by atoms with Crippen LogP contribution in [-0.2, 0) is 14.8 Å². The molecule has 0 saturated carbocycles. The summed E-state index contributed by atoms with van der Waals surface area (Å²) < 4.78 is 46.3. The van der Waals surface area contributed by atoms with E-state index in [1.807, 2.05) is 0 Å². The number of hydrogen-bond donors (Lipinski definition) is 2. The topological polar surface area (TPSA) is 105 Å². The fourth-order valence-corrected chi connectivity index (χ4v) is 4.71. The number of alkyl carbamates (subject to hydrolysis) is 1. The number of nitrogens with zero attached hydrogens (tertiary/aromatic N) is 1. The van der Waals surface area contributed by atoms with Gasteiger partial charge in [-0.2, -0.15) is 0 Å². The van der Waals surface area contributed by atoms with E-state index in [-0.39, 0.29) is 22.4 Å². The van der Waals surface area contributed by atoms with E-state index >= 15 is 0 Å². The molecule has 1 aliphatic heterocycles. The van der Waals surface area contributed by atoms with Crippen molar-refractivity contribution in [2.45, 2.75) is 57.1 Å². The summed E-state index contributed by atoms with van der Waals surface area (Å²) in [6.45, 7) is 7.86. The minimum Gasteiger partial charge on any atom is -0.444 e. The van der Waals surface area contributed by atoms with Crippen LogP contribution in [0.4, 0.5) is 14.9 Å². The number of benzene rings is 2. The zero-order chi connectivity index (χ0) is 25.1. The van der Waals surface area contributed by atoms with E-state index in [0.29, 0.717) is 37.2 Å². The maximum atomic E-state index is 13.4. The molecule has 2 N–H and O–H groups in total. The summed E-state index contributed by atoms with van der Waals surface area (Å²) in [5, 5.41) is 2.84. The zero-order valence-corrected chi connectivity index (χ0v) is 20.5. The first-order valence-corrected chi connectivity index (χ1v) is 12.5. The first-order chi connectivity index (χ1) is 15.8. The molecule has 0 atom stereocenters. The van der Waals surface area contributed by atoms with Gasteiger partial charge in [-0.3, -0.25) is 9.52 Å². The van der Waals surface area contributed by atoms with Crippen LogP contribution in [0.5, 0.6) is 0 Å². The Labute approximate surface area is 199 Å². The molecule has 0 bridgehead atoms. The Balaban J connectivity index is 1.56. The maximum Gasteiger partial charge on any atom is 0.407 e. The highest BCUT2D eigenvalue weighted by Gasteiger charge is 2.26. The Kier molecular flexibility index (Phi) is 7.50. The van der Waals surface area contributed by atoms with Gasteiger partial charge in [0, 0.05) is 30.4 Å². The van der Waals surface area contributed by atoms with Crippen LogP contribution in [0.25, 0.3) is 0 Å². The Bertz CT molecular complexity index is 1150. The SMILES string of the molecule is Cc1cc(S(=O)(=O)Nc2ccc(C(=O)N3CCC(NC(=O)OC(C)(C)C)CC3)cc2)ccc1F. The molecule has 0 spiro atoms. The van der Waals surface area contributed by atoms with Crippen LogP contribution in [0.15, 0.2) is 47.4 Å². The predicted octanol–water partition coefficient (Wildman–Crippen LogP) is 4.06. The smallest absolute Gasteiger partial charge is 0.407 e. The summed E-state index contributed by atoms with van der Waals surface area (Å²) in [6.07, 6.45) is 0.756. The van der Waals surface area contributed by atoms with Crippen LogP contribution < -0.4 is 10.0 Å². The van der Waals surface area contributed by atoms with Gasteiger partial charge in [0.2, 0.25) is 0 Å². The maximum absolute atomic E-state index is 13.4. The second-order valence-electron chi connectivity index (χ2n) is 9.31. The average molecular weight is 492 g/mol. The van der Waals surface area contributed by atoms with Crippen molar-refractivity contribution in [3.63, 3.8) is 0 Å². The molecule has 1 fully saturated rings. The second kappa shape index (κ2) is 10.0. The third kappa shape index (κ3) is 6.69. The number of ether oxygens (including phenoxy) is 1. The Hall–Kier alpha value is -3.14. The van der Waals surface area contributed by atoms with Crippen LogP contribution in [0.3, 0.4) is 0 Å². The fourth-order valence-electron chi connectivity index (χ4n) is 3.56. The molecule has 2 aromatic rings. The quantitative estimate of drug-likeness (QED) is 0.656. The molecular formula is C24H30FN3O5S. The van der Waals surface area contributed by atoms with E-state index in [1.54, 1.807) is 37.8 Å². The van der Waals surface area contributed by atoms with Crippen LogP contribution in [0.2, 0.25) is 0 Å². The standard InChI is InChI=1S/C24H30FN3O5S/c1-16-15-20(9-10-21(16)25)34(31,32)27-19-7-5-17(6-8-19)22(29)28-13-11-18(12-14-28)26-23(30)33-24(2,3)4/h5-10,15,18,27H,11-14H2,1-4H3,(H,26,30). The van der Waals surface area contributed by atoms with Gasteiger partial charge in [-0.05, 0) is 88.6 Å². The average Bonchev–Trinajstić information content (AvgIpc) is 2.74. The van der Waals surface area contributed by atoms with Crippen molar-refractivity contribution in [3.05, 3.63) is 59.4 Å². The van der Waals surface area contributed by atoms with Crippen molar-refractivity contribution >= 4 is 27.7 Å². The number of sulfonamides is 1. The predicted molar refractivity (Wildman–Crippen MR) is 127 cm³/mol. The molecular weight excluding hydrogens is 461 g/mol. The van der Waals surface area contributed by atoms with Gasteiger partial charge < -0.3 is 15.0 Å². The molecule has 3 rings (SSSR count). The van der Waals surface area contributed by atoms with Crippen molar-refractivity contribution in [3.8, 4) is 0 Å². The van der Waals surface area contributed by atoms with Gasteiger partial charge in [0.05, 0.1) is 4.90 Å². The number of anilines is 1. The molecule has 34 heavy (non-hydrogen) atoms. The summed E-state index contributed by atoms with van der Waals surface area (Å²) in [5.41, 5.74) is 0.380. The van der Waals surface area contributed by atoms with Gasteiger partial charge >= 0.3 is 6.09 Å². The highest BCUT2D eigenvalue weighted by atomic mass is 32.2. The Morgan fingerprint density at radius 2 is 1.68 bits per heavy atom. The molecule has 0 aliphatic carbocycles. The minimum atomic E-state index is -3.89. The van der Waals surface area contributed by atoms with E-state index < -0.39 is 27.5 Å². The largest absolute Gasteiger partial charge is 0.444 e. The van der Waals surface area contributed by atoms with Crippen molar-refractivity contribution in [1.82, 2.24) is 10.2 Å². The number of carbonyl (C=O) groups is 2. The number of likely N-dealkylation sites (tertiary alicyclic amines) is 1. The molecule has 184 valence electrons. The van der Waals surface area contributed by atoms with Crippen molar-refractivity contribution in [2.75, 3.05) is 17.8 Å². The number of piperidine rings is 1. The van der Waals surface area contributed by atoms with Crippen molar-refractivity contribution < 1.29 is 27.1 Å². The van der Waals surface area contributed by atoms with Gasteiger partial charge in [-0.15, -0.1) is 0 Å². The summed E-state index contributed by atoms with van der Waals surface area (Å²) in [6, 6.07) is 9.64. The number of nitrogens with one attached hydrogen (secondary N) is 2. The minimum absolute atomic E-state index is 0.0468. The lowest BCUT2D eigenvalue weighted by molar-refractivity contribution is 0.0473. The second-order valence-corrected chi connectivity index (χ2v) is 11.0. The number of carbonyl (C=O) groups excluding carboxylic acids is 2. The molecule has 0 radical (unpaired) electrons. The first-order valence-electron chi connectivity index (χ1n) is 11.0. The summed E-state index contributed by atoms with van der Waals surface area (Å²) >= 11 is 0. The molecule has 0 unspecified atom stereocenters. The van der Waals surface area contributed by atoms with Gasteiger partial charge in [-0.1, -0.05) is 0 Å². The third-order valence-electron chi connectivity index (χ3n) is 5.33. The molecule has 2 amide bonds. The third-order valence-corrected chi connectivity index (χ3v) is 6.71. The van der Waals surface area contributed by atoms with E-state index in [0.717, 1.165) is 6.07 Å². The molecule has 1 heterocycles. The normalized spacial score (nSPS) is 15.0. The summed E-state index contributed by atoms with van der Waals surface area (Å²) in [4.78, 5) is 26.4. The monoisotopic (exact) mass is 491 g/mol. The van der Waals surface area contributed by atoms with E-state index in [2.05, 4.69) is 10.0 Å². The lowest BCUT2D eigenvalue weighted by Gasteiger charge is -2.33. The van der Waals surface area contributed by atoms with Gasteiger partial charge in [0.25, 0.3) is 15.9 Å². The first kappa shape index (κ1) is 25.5. The molecule has 10 heteroatoms. The summed E-state index contributed by atoms with van der Waals surface area (Å²) in [5.74, 6) is -0.647. The number of hydrogen-bond acceptors (Lipinski definition) is 5. The molecule has 0 aromatic heterocycles. The number of aryl methyl sites for hydroxylation is 1. The number of rotatable bonds is 5. The number of amides is 2. The highest BCUT2D eigenvalue weighted by Crippen LogP contribution is 2.20. The molecule has 2 aromatic carbocycles. The van der Waals surface area contributed by atoms with Gasteiger partial charge in [0.1, 0.15) is 11.4 Å². The van der Waals surface area contributed by atoms with Gasteiger partial charge in [-0.25, -0.2) is 17.6 Å². The van der Waals surface area contributed by atoms with Crippen LogP contribution in [-0.4, -0.2) is 50.1 Å². The number of halogens is 1. The van der Waals surface area contributed by atoms with Crippen LogP contribution in [0.1, 0.15) is 49.5 Å². The highest BCUT2D eigenvalue weighted by molar-refractivity contribution is 7.92. The molecule has 8 nitrogen and oxygen atoms in total. The van der Waals surface area contributed by atoms with Crippen LogP contribution >= 0.6 is 0 Å². The fraction of sp³-hybridized carbons (Fsp3) is 0.417. The molecule has 1 saturated heterocycles. The van der Waals surface area contributed by atoms with Crippen molar-refractivity contribution in [1.29, 1.82) is 0 Å². The van der Waals surface area contributed by atoms with Crippen LogP contribution in [0, 0.1) is 12.7 Å². The lowest BCUT2D eigenvalue weighted by atomic mass is 10.0. The van der Waals surface area contributed by atoms with E-state index in [4.69, 9.17) is 4.74 Å². The Morgan fingerprint density at radius 3 is 2.24 bits per heavy atom. The van der Waals surface area contributed by atoms with E-state index in [1.165, 1.54) is 31.2 Å². The zero-order valence-electron chi connectivity index (χ0n) is 19.7. The van der Waals surface area contributed by atoms with Crippen molar-refractivity contribution in [2.24, 2.45) is 0 Å². The summed E-state index contributed by atoms with van der Waals surface area (Å²) in [7, 11) is -3.89. The lowest BCUT2D eigenvalue weighted by Crippen LogP contribution is -2.47. The van der Waals surface area contributed by atoms with Gasteiger partial charge in [0.15, 0.2) is 0 Å². The van der Waals surface area contributed by atoms with E-state index in [9.17, 15) is 22.4 Å². The Morgan fingerprint density at radius 1 is 1.06 bits per heavy atom.